The Morgan fingerprint density at radius 1 is 0.653 bits per heavy atom. The predicted molar refractivity (Wildman–Crippen MR) is 192 cm³/mol. The van der Waals surface area contributed by atoms with Gasteiger partial charge in [0.05, 0.1) is 0 Å². The summed E-state index contributed by atoms with van der Waals surface area (Å²) in [4.78, 5) is 57.4. The molecule has 9 nitrogen and oxygen atoms in total. The van der Waals surface area contributed by atoms with Crippen molar-refractivity contribution in [2.75, 3.05) is 0 Å². The van der Waals surface area contributed by atoms with Gasteiger partial charge in [0, 0.05) is 18.9 Å². The minimum atomic E-state index is -1.14. The second kappa shape index (κ2) is 17.1. The lowest BCUT2D eigenvalue weighted by molar-refractivity contribution is -0.159. The van der Waals surface area contributed by atoms with Gasteiger partial charge in [-0.25, -0.2) is 9.59 Å². The Kier molecular flexibility index (Phi) is 13.6. The molecule has 3 aromatic carbocycles. The van der Waals surface area contributed by atoms with Crippen LogP contribution in [0.25, 0.3) is 0 Å². The second-order valence-electron chi connectivity index (χ2n) is 14.5. The van der Waals surface area contributed by atoms with Crippen LogP contribution in [0.4, 0.5) is 4.79 Å². The number of hydrogen-bond acceptors (Lipinski definition) is 6. The summed E-state index contributed by atoms with van der Waals surface area (Å²) in [6.07, 6.45) is 0.405. The van der Waals surface area contributed by atoms with Crippen LogP contribution >= 0.6 is 0 Å². The molecule has 0 aliphatic carbocycles. The lowest BCUT2D eigenvalue weighted by Gasteiger charge is -2.38. The normalized spacial score (nSPS) is 13.5. The molecular formula is C40H53N3O6. The number of carbonyl (C=O) groups excluding carboxylic acids is 4. The number of ether oxygens (including phenoxy) is 2. The van der Waals surface area contributed by atoms with Crippen molar-refractivity contribution in [2.24, 2.45) is 0 Å². The molecule has 0 aliphatic rings. The highest BCUT2D eigenvalue weighted by atomic mass is 16.6. The fourth-order valence-electron chi connectivity index (χ4n) is 5.40. The Labute approximate surface area is 291 Å². The molecule has 0 saturated heterocycles. The zero-order valence-corrected chi connectivity index (χ0v) is 30.4. The van der Waals surface area contributed by atoms with E-state index in [1.807, 2.05) is 106 Å². The third-order valence-electron chi connectivity index (χ3n) is 7.60. The smallest absolute Gasteiger partial charge is 0.408 e. The fraction of sp³-hybridized carbons (Fsp3) is 0.450. The molecule has 0 aromatic heterocycles. The summed E-state index contributed by atoms with van der Waals surface area (Å²) >= 11 is 0. The van der Waals surface area contributed by atoms with Gasteiger partial charge in [0.2, 0.25) is 11.8 Å². The fourth-order valence-corrected chi connectivity index (χ4v) is 5.40. The number of rotatable bonds is 13. The number of aryl methyl sites for hydroxylation is 1. The van der Waals surface area contributed by atoms with Crippen LogP contribution in [0.3, 0.4) is 0 Å². The van der Waals surface area contributed by atoms with E-state index < -0.39 is 59.2 Å². The van der Waals surface area contributed by atoms with Crippen molar-refractivity contribution >= 4 is 23.9 Å². The Hall–Kier alpha value is -4.66. The van der Waals surface area contributed by atoms with E-state index in [4.69, 9.17) is 9.47 Å². The summed E-state index contributed by atoms with van der Waals surface area (Å²) in [5, 5.41) is 5.73. The number of nitrogens with zero attached hydrogens (tertiary/aromatic N) is 1. The van der Waals surface area contributed by atoms with Crippen molar-refractivity contribution in [3.63, 3.8) is 0 Å². The third kappa shape index (κ3) is 12.4. The first kappa shape index (κ1) is 38.8. The largest absolute Gasteiger partial charge is 0.458 e. The van der Waals surface area contributed by atoms with Gasteiger partial charge in [0.25, 0.3) is 0 Å². The summed E-state index contributed by atoms with van der Waals surface area (Å²) in [7, 11) is 0. The van der Waals surface area contributed by atoms with Crippen LogP contribution < -0.4 is 10.6 Å². The first-order valence-electron chi connectivity index (χ1n) is 17.0. The molecule has 264 valence electrons. The van der Waals surface area contributed by atoms with E-state index in [1.165, 1.54) is 4.90 Å². The van der Waals surface area contributed by atoms with Crippen LogP contribution in [0.2, 0.25) is 0 Å². The van der Waals surface area contributed by atoms with E-state index in [2.05, 4.69) is 10.6 Å². The quantitative estimate of drug-likeness (QED) is 0.195. The minimum absolute atomic E-state index is 0.166. The molecule has 0 saturated carbocycles. The topological polar surface area (TPSA) is 114 Å². The molecule has 3 amide bonds. The van der Waals surface area contributed by atoms with Crippen molar-refractivity contribution in [2.45, 2.75) is 117 Å². The van der Waals surface area contributed by atoms with Crippen LogP contribution in [0.5, 0.6) is 0 Å². The molecule has 0 heterocycles. The highest BCUT2D eigenvalue weighted by Gasteiger charge is 2.39. The number of hydrogen-bond donors (Lipinski definition) is 2. The number of alkyl carbamates (subject to hydrolysis) is 1. The van der Waals surface area contributed by atoms with Gasteiger partial charge in [-0.3, -0.25) is 9.59 Å². The molecule has 49 heavy (non-hydrogen) atoms. The predicted octanol–water partition coefficient (Wildman–Crippen LogP) is 6.73. The van der Waals surface area contributed by atoms with Crippen LogP contribution in [-0.4, -0.2) is 58.1 Å². The third-order valence-corrected chi connectivity index (χ3v) is 7.60. The molecular weight excluding hydrogens is 618 g/mol. The molecule has 3 atom stereocenters. The van der Waals surface area contributed by atoms with E-state index in [-0.39, 0.29) is 12.8 Å². The van der Waals surface area contributed by atoms with E-state index in [9.17, 15) is 19.2 Å². The Balaban J connectivity index is 2.09. The lowest BCUT2D eigenvalue weighted by atomic mass is 9.97. The van der Waals surface area contributed by atoms with Crippen molar-refractivity contribution < 1.29 is 28.7 Å². The van der Waals surface area contributed by atoms with Crippen molar-refractivity contribution in [3.8, 4) is 0 Å². The molecule has 0 spiro atoms. The van der Waals surface area contributed by atoms with Crippen LogP contribution in [0, 0.1) is 0 Å². The zero-order valence-electron chi connectivity index (χ0n) is 30.4. The van der Waals surface area contributed by atoms with Gasteiger partial charge in [0.15, 0.2) is 0 Å². The van der Waals surface area contributed by atoms with Gasteiger partial charge in [0.1, 0.15) is 29.3 Å². The SMILES string of the molecule is CCc1ccc(C(C(=O)NC(Cc2ccccc2)C(=O)OC(C)(C)C)N(C(=O)C(Cc2ccccc2)NC(=O)OC(C)(C)C)C(C)C)cc1. The maximum absolute atomic E-state index is 14.7. The molecule has 3 rings (SSSR count). The average Bonchev–Trinajstić information content (AvgIpc) is 3.01. The summed E-state index contributed by atoms with van der Waals surface area (Å²) in [6, 6.07) is 22.5. The maximum Gasteiger partial charge on any atom is 0.408 e. The molecule has 3 aromatic rings. The Bertz CT molecular complexity index is 1530. The van der Waals surface area contributed by atoms with Gasteiger partial charge >= 0.3 is 12.1 Å². The molecule has 2 N–H and O–H groups in total. The van der Waals surface area contributed by atoms with Crippen molar-refractivity contribution in [1.29, 1.82) is 0 Å². The molecule has 3 unspecified atom stereocenters. The van der Waals surface area contributed by atoms with Gasteiger partial charge in [-0.1, -0.05) is 91.9 Å². The number of carbonyl (C=O) groups is 4. The highest BCUT2D eigenvalue weighted by molar-refractivity contribution is 5.94. The highest BCUT2D eigenvalue weighted by Crippen LogP contribution is 2.27. The summed E-state index contributed by atoms with van der Waals surface area (Å²) in [6.45, 7) is 16.2. The summed E-state index contributed by atoms with van der Waals surface area (Å²) < 4.78 is 11.3. The number of amides is 3. The van der Waals surface area contributed by atoms with E-state index in [1.54, 1.807) is 41.5 Å². The number of benzene rings is 3. The minimum Gasteiger partial charge on any atom is -0.458 e. The first-order chi connectivity index (χ1) is 23.0. The average molecular weight is 672 g/mol. The van der Waals surface area contributed by atoms with Crippen molar-refractivity contribution in [1.82, 2.24) is 15.5 Å². The van der Waals surface area contributed by atoms with Gasteiger partial charge < -0.3 is 25.0 Å². The molecule has 0 aliphatic heterocycles. The standard InChI is InChI=1S/C40H53N3O6/c1-10-28-21-23-31(24-22-28)34(35(44)41-33(37(46)48-39(4,5)6)26-30-19-15-12-16-20-30)43(27(2)3)36(45)32(25-29-17-13-11-14-18-29)42-38(47)49-40(7,8)9/h11-24,27,32-34H,10,25-26H2,1-9H3,(H,41,44)(H,42,47). The zero-order chi connectivity index (χ0) is 36.4. The van der Waals surface area contributed by atoms with Crippen molar-refractivity contribution in [3.05, 3.63) is 107 Å². The number of esters is 1. The van der Waals surface area contributed by atoms with E-state index in [0.717, 1.165) is 23.1 Å². The van der Waals surface area contributed by atoms with Crippen LogP contribution in [-0.2, 0) is 43.1 Å². The first-order valence-corrected chi connectivity index (χ1v) is 17.0. The molecule has 0 bridgehead atoms. The van der Waals surface area contributed by atoms with Crippen LogP contribution in [0.1, 0.15) is 90.6 Å². The Morgan fingerprint density at radius 2 is 1.14 bits per heavy atom. The molecule has 0 fully saturated rings. The van der Waals surface area contributed by atoms with Gasteiger partial charge in [-0.15, -0.1) is 0 Å². The second-order valence-corrected chi connectivity index (χ2v) is 14.5. The molecule has 9 heteroatoms. The lowest BCUT2D eigenvalue weighted by Crippen LogP contribution is -2.57. The Morgan fingerprint density at radius 3 is 1.59 bits per heavy atom. The van der Waals surface area contributed by atoms with Gasteiger partial charge in [-0.05, 0) is 84.1 Å². The van der Waals surface area contributed by atoms with Gasteiger partial charge in [-0.2, -0.15) is 0 Å². The maximum atomic E-state index is 14.7. The van der Waals surface area contributed by atoms with E-state index >= 15 is 0 Å². The number of nitrogens with one attached hydrogen (secondary N) is 2. The summed E-state index contributed by atoms with van der Waals surface area (Å²) in [5.41, 5.74) is 1.71. The summed E-state index contributed by atoms with van der Waals surface area (Å²) in [5.74, 6) is -1.60. The van der Waals surface area contributed by atoms with Crippen LogP contribution in [0.15, 0.2) is 84.9 Å². The monoisotopic (exact) mass is 671 g/mol. The molecule has 0 radical (unpaired) electrons. The van der Waals surface area contributed by atoms with E-state index in [0.29, 0.717) is 5.56 Å².